The molecule has 20 heavy (non-hydrogen) atoms. The molecule has 0 spiro atoms. The van der Waals surface area contributed by atoms with Gasteiger partial charge in [0.15, 0.2) is 5.43 Å². The van der Waals surface area contributed by atoms with Gasteiger partial charge in [0.25, 0.3) is 0 Å². The number of aromatic hydroxyl groups is 2. The Morgan fingerprint density at radius 1 is 0.950 bits per heavy atom. The molecule has 0 aliphatic carbocycles. The highest BCUT2D eigenvalue weighted by Gasteiger charge is 2.10. The third-order valence-corrected chi connectivity index (χ3v) is 3.16. The summed E-state index contributed by atoms with van der Waals surface area (Å²) in [4.78, 5) is 12.2. The van der Waals surface area contributed by atoms with Gasteiger partial charge < -0.3 is 14.6 Å². The quantitative estimate of drug-likeness (QED) is 0.711. The lowest BCUT2D eigenvalue weighted by molar-refractivity contribution is 0.474. The van der Waals surface area contributed by atoms with Crippen molar-refractivity contribution in [2.75, 3.05) is 0 Å². The second-order valence-corrected chi connectivity index (χ2v) is 4.66. The van der Waals surface area contributed by atoms with Crippen molar-refractivity contribution in [1.29, 1.82) is 0 Å². The summed E-state index contributed by atoms with van der Waals surface area (Å²) < 4.78 is 5.69. The minimum Gasteiger partial charge on any atom is -0.508 e. The van der Waals surface area contributed by atoms with Crippen molar-refractivity contribution in [3.05, 3.63) is 58.3 Å². The SMILES string of the molecule is Cc1cc(O)cc2oc(-c3ccc(O)cc3)cc(=O)c12. The molecule has 1 heterocycles. The summed E-state index contributed by atoms with van der Waals surface area (Å²) >= 11 is 0. The maximum absolute atomic E-state index is 12.2. The van der Waals surface area contributed by atoms with Gasteiger partial charge >= 0.3 is 0 Å². The van der Waals surface area contributed by atoms with E-state index >= 15 is 0 Å². The van der Waals surface area contributed by atoms with E-state index in [4.69, 9.17) is 4.42 Å². The van der Waals surface area contributed by atoms with Crippen LogP contribution in [0.15, 0.2) is 51.7 Å². The third kappa shape index (κ3) is 2.01. The van der Waals surface area contributed by atoms with Gasteiger partial charge in [-0.1, -0.05) is 0 Å². The van der Waals surface area contributed by atoms with Crippen LogP contribution in [0, 0.1) is 6.92 Å². The molecule has 100 valence electrons. The van der Waals surface area contributed by atoms with Gasteiger partial charge in [0.1, 0.15) is 22.8 Å². The topological polar surface area (TPSA) is 70.7 Å². The Morgan fingerprint density at radius 2 is 1.65 bits per heavy atom. The third-order valence-electron chi connectivity index (χ3n) is 3.16. The van der Waals surface area contributed by atoms with E-state index in [0.717, 1.165) is 0 Å². The molecule has 0 saturated carbocycles. The summed E-state index contributed by atoms with van der Waals surface area (Å²) in [5.41, 5.74) is 1.54. The predicted molar refractivity (Wildman–Crippen MR) is 76.0 cm³/mol. The zero-order valence-corrected chi connectivity index (χ0v) is 10.8. The Morgan fingerprint density at radius 3 is 2.35 bits per heavy atom. The maximum atomic E-state index is 12.2. The number of hydrogen-bond acceptors (Lipinski definition) is 4. The molecule has 0 unspecified atom stereocenters. The highest BCUT2D eigenvalue weighted by atomic mass is 16.3. The van der Waals surface area contributed by atoms with Crippen molar-refractivity contribution < 1.29 is 14.6 Å². The Hall–Kier alpha value is -2.75. The van der Waals surface area contributed by atoms with Crippen molar-refractivity contribution in [3.63, 3.8) is 0 Å². The molecule has 0 aliphatic heterocycles. The molecule has 2 N–H and O–H groups in total. The van der Waals surface area contributed by atoms with E-state index in [-0.39, 0.29) is 16.9 Å². The predicted octanol–water partition coefficient (Wildman–Crippen LogP) is 3.18. The van der Waals surface area contributed by atoms with E-state index in [1.807, 2.05) is 0 Å². The average Bonchev–Trinajstić information content (AvgIpc) is 2.38. The molecule has 2 aromatic carbocycles. The number of benzene rings is 2. The van der Waals surface area contributed by atoms with Crippen molar-refractivity contribution in [3.8, 4) is 22.8 Å². The van der Waals surface area contributed by atoms with Crippen LogP contribution in [0.4, 0.5) is 0 Å². The molecule has 0 amide bonds. The molecular formula is C16H12O4. The lowest BCUT2D eigenvalue weighted by atomic mass is 10.1. The van der Waals surface area contributed by atoms with Gasteiger partial charge in [-0.15, -0.1) is 0 Å². The molecule has 3 aromatic rings. The van der Waals surface area contributed by atoms with Gasteiger partial charge in [-0.05, 0) is 42.8 Å². The molecule has 0 fully saturated rings. The fourth-order valence-corrected chi connectivity index (χ4v) is 2.24. The Bertz CT molecular complexity index is 845. The zero-order valence-electron chi connectivity index (χ0n) is 10.8. The van der Waals surface area contributed by atoms with Crippen molar-refractivity contribution in [2.24, 2.45) is 0 Å². The van der Waals surface area contributed by atoms with Crippen molar-refractivity contribution in [2.45, 2.75) is 6.92 Å². The van der Waals surface area contributed by atoms with Crippen LogP contribution in [0.2, 0.25) is 0 Å². The number of phenols is 2. The highest BCUT2D eigenvalue weighted by molar-refractivity contribution is 5.83. The maximum Gasteiger partial charge on any atom is 0.193 e. The van der Waals surface area contributed by atoms with E-state index in [1.165, 1.54) is 30.3 Å². The van der Waals surface area contributed by atoms with Crippen molar-refractivity contribution >= 4 is 11.0 Å². The minimum absolute atomic E-state index is 0.0565. The first kappa shape index (κ1) is 12.3. The van der Waals surface area contributed by atoms with Crippen LogP contribution >= 0.6 is 0 Å². The van der Waals surface area contributed by atoms with E-state index < -0.39 is 0 Å². The fourth-order valence-electron chi connectivity index (χ4n) is 2.24. The first-order valence-corrected chi connectivity index (χ1v) is 6.11. The van der Waals surface area contributed by atoms with Crippen LogP contribution in [0.3, 0.4) is 0 Å². The molecular weight excluding hydrogens is 256 g/mol. The Balaban J connectivity index is 2.29. The summed E-state index contributed by atoms with van der Waals surface area (Å²) in [7, 11) is 0. The first-order chi connectivity index (χ1) is 9.54. The molecule has 0 saturated heterocycles. The molecule has 0 radical (unpaired) electrons. The van der Waals surface area contributed by atoms with Crippen LogP contribution < -0.4 is 5.43 Å². The second kappa shape index (κ2) is 4.42. The second-order valence-electron chi connectivity index (χ2n) is 4.66. The largest absolute Gasteiger partial charge is 0.508 e. The molecule has 0 aliphatic rings. The standard InChI is InChI=1S/C16H12O4/c1-9-6-12(18)7-15-16(9)13(19)8-14(20-15)10-2-4-11(17)5-3-10/h2-8,17-18H,1H3. The van der Waals surface area contributed by atoms with Gasteiger partial charge in [-0.25, -0.2) is 0 Å². The molecule has 4 nitrogen and oxygen atoms in total. The van der Waals surface area contributed by atoms with Crippen LogP contribution in [0.1, 0.15) is 5.56 Å². The van der Waals surface area contributed by atoms with Crippen LogP contribution in [0.25, 0.3) is 22.3 Å². The number of aryl methyl sites for hydroxylation is 1. The number of fused-ring (bicyclic) bond motifs is 1. The van der Waals surface area contributed by atoms with Gasteiger partial charge in [0, 0.05) is 17.7 Å². The molecule has 0 atom stereocenters. The van der Waals surface area contributed by atoms with Gasteiger partial charge in [-0.3, -0.25) is 4.79 Å². The zero-order chi connectivity index (χ0) is 14.3. The normalized spacial score (nSPS) is 10.8. The smallest absolute Gasteiger partial charge is 0.193 e. The lowest BCUT2D eigenvalue weighted by Gasteiger charge is -2.06. The van der Waals surface area contributed by atoms with Gasteiger partial charge in [-0.2, -0.15) is 0 Å². The lowest BCUT2D eigenvalue weighted by Crippen LogP contribution is -2.02. The molecule has 3 rings (SSSR count). The summed E-state index contributed by atoms with van der Waals surface area (Å²) in [5.74, 6) is 0.596. The van der Waals surface area contributed by atoms with E-state index in [2.05, 4.69) is 0 Å². The Labute approximate surface area is 114 Å². The summed E-state index contributed by atoms with van der Waals surface area (Å²) in [6.45, 7) is 1.75. The number of hydrogen-bond donors (Lipinski definition) is 2. The van der Waals surface area contributed by atoms with Crippen LogP contribution in [-0.4, -0.2) is 10.2 Å². The Kier molecular flexibility index (Phi) is 2.71. The highest BCUT2D eigenvalue weighted by Crippen LogP contribution is 2.27. The average molecular weight is 268 g/mol. The summed E-state index contributed by atoms with van der Waals surface area (Å²) in [6.07, 6.45) is 0. The van der Waals surface area contributed by atoms with Crippen LogP contribution in [0.5, 0.6) is 11.5 Å². The summed E-state index contributed by atoms with van der Waals surface area (Å²) in [5, 5.41) is 19.3. The van der Waals surface area contributed by atoms with Gasteiger partial charge in [0.05, 0.1) is 5.39 Å². The fraction of sp³-hybridized carbons (Fsp3) is 0.0625. The monoisotopic (exact) mass is 268 g/mol. The van der Waals surface area contributed by atoms with E-state index in [9.17, 15) is 15.0 Å². The number of rotatable bonds is 1. The van der Waals surface area contributed by atoms with E-state index in [0.29, 0.717) is 27.9 Å². The van der Waals surface area contributed by atoms with Crippen LogP contribution in [-0.2, 0) is 0 Å². The number of phenolic OH excluding ortho intramolecular Hbond substituents is 2. The van der Waals surface area contributed by atoms with E-state index in [1.54, 1.807) is 19.1 Å². The summed E-state index contributed by atoms with van der Waals surface area (Å²) in [6, 6.07) is 10.7. The van der Waals surface area contributed by atoms with Crippen molar-refractivity contribution in [1.82, 2.24) is 0 Å². The van der Waals surface area contributed by atoms with Gasteiger partial charge in [0.2, 0.25) is 0 Å². The molecule has 0 bridgehead atoms. The first-order valence-electron chi connectivity index (χ1n) is 6.11. The molecule has 4 heteroatoms. The molecule has 1 aromatic heterocycles. The minimum atomic E-state index is -0.160.